The van der Waals surface area contributed by atoms with Gasteiger partial charge in [-0.25, -0.2) is 24.2 Å². The Hall–Kier alpha value is -4.15. The van der Waals surface area contributed by atoms with Crippen LogP contribution < -0.4 is 16.0 Å². The van der Waals surface area contributed by atoms with E-state index in [0.717, 1.165) is 31.7 Å². The first-order valence-electron chi connectivity index (χ1n) is 13.5. The first-order valence-corrected chi connectivity index (χ1v) is 13.9. The van der Waals surface area contributed by atoms with E-state index in [1.54, 1.807) is 56.8 Å². The third-order valence-electron chi connectivity index (χ3n) is 8.53. The number of nitrogens with one attached hydrogen (secondary N) is 1. The van der Waals surface area contributed by atoms with Crippen LogP contribution in [0.3, 0.4) is 0 Å². The van der Waals surface area contributed by atoms with Crippen molar-refractivity contribution in [1.82, 2.24) is 19.5 Å². The molecule has 2 aromatic carbocycles. The number of imidazole rings is 1. The van der Waals surface area contributed by atoms with E-state index >= 15 is 0 Å². The van der Waals surface area contributed by atoms with Crippen molar-refractivity contribution < 1.29 is 18.9 Å². The molecule has 0 radical (unpaired) electrons. The second-order valence-electron chi connectivity index (χ2n) is 11.1. The van der Waals surface area contributed by atoms with Crippen molar-refractivity contribution in [3.05, 3.63) is 82.4 Å². The molecule has 2 aliphatic rings. The van der Waals surface area contributed by atoms with Gasteiger partial charge < -0.3 is 14.6 Å². The van der Waals surface area contributed by atoms with E-state index in [-0.39, 0.29) is 40.0 Å². The van der Waals surface area contributed by atoms with Gasteiger partial charge in [0.15, 0.2) is 0 Å². The zero-order valence-electron chi connectivity index (χ0n) is 23.0. The SMILES string of the molecule is CC(=O)N[N+]1(C)C2CCC1CN(c1cc(-c3cc(F)cc(-c4ccc(-n5ccn(C)c5=O)c(Cl)c4)c3O)ccn1)C2. The van der Waals surface area contributed by atoms with Gasteiger partial charge >= 0.3 is 5.69 Å². The van der Waals surface area contributed by atoms with Crippen molar-refractivity contribution in [2.45, 2.75) is 31.8 Å². The number of likely N-dealkylation sites (N-methyl/N-ethyl adjacent to an activating group) is 1. The van der Waals surface area contributed by atoms with Crippen LogP contribution in [0, 0.1) is 5.82 Å². The molecule has 2 saturated heterocycles. The second-order valence-corrected chi connectivity index (χ2v) is 11.5. The molecule has 0 aliphatic carbocycles. The lowest BCUT2D eigenvalue weighted by molar-refractivity contribution is -0.976. The number of aryl methyl sites for hydroxylation is 1. The average molecular weight is 578 g/mol. The normalized spacial score (nSPS) is 21.7. The number of benzene rings is 2. The van der Waals surface area contributed by atoms with Gasteiger partial charge in [0, 0.05) is 56.5 Å². The van der Waals surface area contributed by atoms with E-state index in [9.17, 15) is 19.1 Å². The highest BCUT2D eigenvalue weighted by molar-refractivity contribution is 6.32. The number of phenolic OH excluding ortho intramolecular Hbond substituents is 1. The molecule has 4 aromatic rings. The third-order valence-corrected chi connectivity index (χ3v) is 8.83. The number of aromatic hydroxyl groups is 1. The van der Waals surface area contributed by atoms with Crippen molar-refractivity contribution >= 4 is 23.3 Å². The van der Waals surface area contributed by atoms with E-state index in [0.29, 0.717) is 27.0 Å². The fraction of sp³-hybridized carbons (Fsp3) is 0.300. The average Bonchev–Trinajstić information content (AvgIpc) is 3.29. The highest BCUT2D eigenvalue weighted by atomic mass is 35.5. The van der Waals surface area contributed by atoms with E-state index < -0.39 is 5.82 Å². The van der Waals surface area contributed by atoms with Crippen LogP contribution in [0.5, 0.6) is 5.75 Å². The van der Waals surface area contributed by atoms with Gasteiger partial charge in [-0.2, -0.15) is 0 Å². The molecular weight excluding hydrogens is 547 g/mol. The molecule has 6 rings (SSSR count). The molecule has 2 N–H and O–H groups in total. The quantitative estimate of drug-likeness (QED) is 0.346. The summed E-state index contributed by atoms with van der Waals surface area (Å²) in [7, 11) is 3.73. The number of nitrogens with zero attached hydrogens (tertiary/aromatic N) is 5. The highest BCUT2D eigenvalue weighted by Crippen LogP contribution is 2.42. The summed E-state index contributed by atoms with van der Waals surface area (Å²) in [6.45, 7) is 2.99. The lowest BCUT2D eigenvalue weighted by atomic mass is 9.97. The fourth-order valence-electron chi connectivity index (χ4n) is 6.35. The maximum Gasteiger partial charge on any atom is 0.332 e. The molecule has 2 atom stereocenters. The smallest absolute Gasteiger partial charge is 0.332 e. The zero-order chi connectivity index (χ0) is 29.1. The van der Waals surface area contributed by atoms with Crippen LogP contribution in [0.4, 0.5) is 10.2 Å². The predicted octanol–water partition coefficient (Wildman–Crippen LogP) is 4.25. The summed E-state index contributed by atoms with van der Waals surface area (Å²) < 4.78 is 18.4. The number of hydrogen-bond donors (Lipinski definition) is 2. The van der Waals surface area contributed by atoms with E-state index in [1.807, 2.05) is 6.07 Å². The van der Waals surface area contributed by atoms with Crippen molar-refractivity contribution in [3.8, 4) is 33.7 Å². The number of carbonyl (C=O) groups excluding carboxylic acids is 1. The fourth-order valence-corrected chi connectivity index (χ4v) is 6.62. The molecule has 11 heteroatoms. The number of halogens is 2. The monoisotopic (exact) mass is 577 g/mol. The number of rotatable bonds is 5. The van der Waals surface area contributed by atoms with Crippen LogP contribution in [-0.4, -0.2) is 61.9 Å². The van der Waals surface area contributed by atoms with Gasteiger partial charge in [0.25, 0.3) is 5.91 Å². The molecule has 9 nitrogen and oxygen atoms in total. The number of anilines is 1. The number of aromatic nitrogens is 3. The van der Waals surface area contributed by atoms with Crippen molar-refractivity contribution in [2.24, 2.45) is 7.05 Å². The summed E-state index contributed by atoms with van der Waals surface area (Å²) in [5.41, 5.74) is 5.13. The van der Waals surface area contributed by atoms with Crippen LogP contribution in [0.1, 0.15) is 19.8 Å². The van der Waals surface area contributed by atoms with Crippen LogP contribution in [0.2, 0.25) is 5.02 Å². The molecule has 4 heterocycles. The van der Waals surface area contributed by atoms with Gasteiger partial charge in [-0.05, 0) is 47.5 Å². The topological polar surface area (TPSA) is 92.4 Å². The summed E-state index contributed by atoms with van der Waals surface area (Å²) in [5, 5.41) is 11.6. The minimum atomic E-state index is -0.509. The molecule has 2 bridgehead atoms. The van der Waals surface area contributed by atoms with Crippen LogP contribution in [0.15, 0.2) is 65.8 Å². The summed E-state index contributed by atoms with van der Waals surface area (Å²) in [6.07, 6.45) is 6.93. The molecule has 2 fully saturated rings. The Balaban J connectivity index is 1.32. The molecular formula is C30H31ClFN6O3+. The van der Waals surface area contributed by atoms with Gasteiger partial charge in [-0.1, -0.05) is 17.7 Å². The maximum absolute atomic E-state index is 15.0. The number of carbonyl (C=O) groups is 1. The minimum absolute atomic E-state index is 0.0414. The first-order chi connectivity index (χ1) is 19.5. The second kappa shape index (κ2) is 10.0. The summed E-state index contributed by atoms with van der Waals surface area (Å²) in [4.78, 5) is 31.0. The number of amides is 1. The lowest BCUT2D eigenvalue weighted by Crippen LogP contribution is -2.71. The summed E-state index contributed by atoms with van der Waals surface area (Å²) in [5.74, 6) is 0.0996. The predicted molar refractivity (Wildman–Crippen MR) is 155 cm³/mol. The van der Waals surface area contributed by atoms with Gasteiger partial charge in [-0.3, -0.25) is 9.36 Å². The Morgan fingerprint density at radius 2 is 1.73 bits per heavy atom. The van der Waals surface area contributed by atoms with Crippen LogP contribution in [0.25, 0.3) is 27.9 Å². The standard InChI is InChI=1S/C30H30ClFN6O3/c1-18(39)34-38(3)22-5-6-23(38)17-36(16-22)28-13-20(8-9-33-28)25-15-21(32)14-24(29(25)40)19-4-7-27(26(31)12-19)37-11-10-35(2)30(37)41/h4,7-15,22-23H,5-6,16-17H2,1-3H3,(H-,33,34,39,40)/p+1. The van der Waals surface area contributed by atoms with Crippen molar-refractivity contribution in [2.75, 3.05) is 25.0 Å². The van der Waals surface area contributed by atoms with Crippen molar-refractivity contribution in [3.63, 3.8) is 0 Å². The number of quaternary nitrogens is 1. The molecule has 1 amide bonds. The number of fused-ring (bicyclic) bond motifs is 2. The molecule has 0 spiro atoms. The van der Waals surface area contributed by atoms with E-state index in [1.165, 1.54) is 21.3 Å². The highest BCUT2D eigenvalue weighted by Gasteiger charge is 2.52. The molecule has 2 aliphatic heterocycles. The minimum Gasteiger partial charge on any atom is -0.507 e. The Morgan fingerprint density at radius 3 is 2.32 bits per heavy atom. The van der Waals surface area contributed by atoms with E-state index in [4.69, 9.17) is 11.6 Å². The molecule has 212 valence electrons. The number of hydrogen-bond acceptors (Lipinski definition) is 5. The van der Waals surface area contributed by atoms with Crippen LogP contribution >= 0.6 is 11.6 Å². The molecule has 41 heavy (non-hydrogen) atoms. The van der Waals surface area contributed by atoms with E-state index in [2.05, 4.69) is 22.4 Å². The first kappa shape index (κ1) is 27.0. The molecule has 2 aromatic heterocycles. The van der Waals surface area contributed by atoms with Gasteiger partial charge in [0.05, 0.1) is 30.8 Å². The lowest BCUT2D eigenvalue weighted by Gasteiger charge is -2.47. The Bertz CT molecular complexity index is 1720. The third kappa shape index (κ3) is 4.66. The Morgan fingerprint density at radius 1 is 1.07 bits per heavy atom. The Kier molecular flexibility index (Phi) is 6.62. The van der Waals surface area contributed by atoms with Gasteiger partial charge in [-0.15, -0.1) is 0 Å². The number of pyridine rings is 1. The van der Waals surface area contributed by atoms with Gasteiger partial charge in [0.2, 0.25) is 0 Å². The zero-order valence-corrected chi connectivity index (χ0v) is 23.8. The number of piperazine rings is 1. The maximum atomic E-state index is 15.0. The molecule has 0 saturated carbocycles. The summed E-state index contributed by atoms with van der Waals surface area (Å²) >= 11 is 6.54. The molecule has 2 unspecified atom stereocenters. The van der Waals surface area contributed by atoms with Gasteiger partial charge in [0.1, 0.15) is 29.5 Å². The van der Waals surface area contributed by atoms with Crippen molar-refractivity contribution in [1.29, 1.82) is 0 Å². The van der Waals surface area contributed by atoms with Crippen LogP contribution in [-0.2, 0) is 11.8 Å². The Labute approximate surface area is 241 Å². The number of phenols is 1. The largest absolute Gasteiger partial charge is 0.507 e. The summed E-state index contributed by atoms with van der Waals surface area (Å²) in [6, 6.07) is 11.6.